The Morgan fingerprint density at radius 3 is 2.68 bits per heavy atom. The number of rotatable bonds is 7. The van der Waals surface area contributed by atoms with E-state index in [2.05, 4.69) is 16.6 Å². The van der Waals surface area contributed by atoms with Gasteiger partial charge >= 0.3 is 0 Å². The summed E-state index contributed by atoms with van der Waals surface area (Å²) in [5.74, 6) is 0.110. The molecule has 0 atom stereocenters. The van der Waals surface area contributed by atoms with Crippen LogP contribution in [0, 0.1) is 0 Å². The van der Waals surface area contributed by atoms with Crippen LogP contribution in [0.3, 0.4) is 0 Å². The number of ether oxygens (including phenoxy) is 1. The van der Waals surface area contributed by atoms with Crippen LogP contribution in [0.2, 0.25) is 5.02 Å². The average molecular weight is 381 g/mol. The number of carbonyl (C=O) groups is 1. The molecule has 0 aliphatic heterocycles. The van der Waals surface area contributed by atoms with E-state index in [-0.39, 0.29) is 16.3 Å². The minimum absolute atomic E-state index is 0.146. The zero-order valence-electron chi connectivity index (χ0n) is 13.5. The summed E-state index contributed by atoms with van der Waals surface area (Å²) in [6.07, 6.45) is 2.64. The number of carbonyl (C=O) groups excluding carboxylic acids is 1. The second-order valence-corrected chi connectivity index (χ2v) is 7.31. The predicted molar refractivity (Wildman–Crippen MR) is 100 cm³/mol. The van der Waals surface area contributed by atoms with E-state index in [1.54, 1.807) is 30.3 Å². The first-order valence-corrected chi connectivity index (χ1v) is 9.48. The fraction of sp³-hybridized carbons (Fsp3) is 0.118. The number of hydrogen-bond acceptors (Lipinski definition) is 4. The van der Waals surface area contributed by atoms with Crippen molar-refractivity contribution in [2.75, 3.05) is 22.9 Å². The molecule has 8 heteroatoms. The van der Waals surface area contributed by atoms with Crippen molar-refractivity contribution in [3.63, 3.8) is 0 Å². The third-order valence-corrected chi connectivity index (χ3v) is 3.91. The Kier molecular flexibility index (Phi) is 6.06. The monoisotopic (exact) mass is 380 g/mol. The molecule has 2 aromatic carbocycles. The molecule has 0 aliphatic carbocycles. The van der Waals surface area contributed by atoms with Crippen molar-refractivity contribution >= 4 is 38.9 Å². The van der Waals surface area contributed by atoms with E-state index in [4.69, 9.17) is 16.3 Å². The maximum absolute atomic E-state index is 12.4. The van der Waals surface area contributed by atoms with Gasteiger partial charge in [-0.15, -0.1) is 0 Å². The largest absolute Gasteiger partial charge is 0.489 e. The van der Waals surface area contributed by atoms with Crippen molar-refractivity contribution < 1.29 is 17.9 Å². The molecule has 2 N–H and O–H groups in total. The van der Waals surface area contributed by atoms with Gasteiger partial charge in [0.2, 0.25) is 10.0 Å². The molecule has 0 unspecified atom stereocenters. The van der Waals surface area contributed by atoms with E-state index in [1.165, 1.54) is 18.2 Å². The first kappa shape index (κ1) is 18.8. The maximum atomic E-state index is 12.4. The molecule has 0 saturated carbocycles. The van der Waals surface area contributed by atoms with Crippen molar-refractivity contribution in [3.8, 4) is 5.75 Å². The molecule has 2 rings (SSSR count). The third-order valence-electron chi connectivity index (χ3n) is 2.97. The highest BCUT2D eigenvalue weighted by Crippen LogP contribution is 2.23. The third kappa shape index (κ3) is 5.81. The number of hydrogen-bond donors (Lipinski definition) is 2. The molecule has 25 heavy (non-hydrogen) atoms. The number of anilines is 2. The van der Waals surface area contributed by atoms with Gasteiger partial charge in [0.1, 0.15) is 12.4 Å². The van der Waals surface area contributed by atoms with Crippen LogP contribution in [0.15, 0.2) is 55.1 Å². The lowest BCUT2D eigenvalue weighted by Crippen LogP contribution is -2.14. The Balaban J connectivity index is 2.20. The molecule has 1 amide bonds. The van der Waals surface area contributed by atoms with Gasteiger partial charge < -0.3 is 10.1 Å². The normalized spacial score (nSPS) is 10.8. The van der Waals surface area contributed by atoms with Crippen molar-refractivity contribution in [3.05, 3.63) is 65.7 Å². The summed E-state index contributed by atoms with van der Waals surface area (Å²) >= 11 is 6.05. The minimum atomic E-state index is -3.46. The molecule has 0 aromatic heterocycles. The van der Waals surface area contributed by atoms with Gasteiger partial charge in [-0.25, -0.2) is 8.42 Å². The van der Waals surface area contributed by atoms with Gasteiger partial charge in [0.25, 0.3) is 5.91 Å². The van der Waals surface area contributed by atoms with E-state index in [0.717, 1.165) is 6.26 Å². The van der Waals surface area contributed by atoms with Crippen LogP contribution in [-0.4, -0.2) is 27.2 Å². The lowest BCUT2D eigenvalue weighted by molar-refractivity contribution is 0.102. The lowest BCUT2D eigenvalue weighted by Gasteiger charge is -2.11. The van der Waals surface area contributed by atoms with Crippen molar-refractivity contribution in [1.29, 1.82) is 0 Å². The minimum Gasteiger partial charge on any atom is -0.489 e. The molecule has 132 valence electrons. The Labute approximate surface area is 151 Å². The number of halogens is 1. The maximum Gasteiger partial charge on any atom is 0.257 e. The Morgan fingerprint density at radius 1 is 1.24 bits per heavy atom. The summed E-state index contributed by atoms with van der Waals surface area (Å²) in [4.78, 5) is 12.4. The molecule has 0 fully saturated rings. The first-order chi connectivity index (χ1) is 11.8. The smallest absolute Gasteiger partial charge is 0.257 e. The average Bonchev–Trinajstić information content (AvgIpc) is 2.53. The molecule has 0 bridgehead atoms. The van der Waals surface area contributed by atoms with Crippen molar-refractivity contribution in [2.45, 2.75) is 0 Å². The SMILES string of the molecule is C=CCOc1cccc(NC(=O)c2cc(NS(C)(=O)=O)ccc2Cl)c1. The van der Waals surface area contributed by atoms with Gasteiger partial charge in [0, 0.05) is 17.4 Å². The van der Waals surface area contributed by atoms with Crippen LogP contribution in [-0.2, 0) is 10.0 Å². The van der Waals surface area contributed by atoms with Gasteiger partial charge in [-0.05, 0) is 30.3 Å². The highest BCUT2D eigenvalue weighted by Gasteiger charge is 2.13. The quantitative estimate of drug-likeness (QED) is 0.719. The molecule has 0 saturated heterocycles. The summed E-state index contributed by atoms with van der Waals surface area (Å²) in [6, 6.07) is 11.1. The number of benzene rings is 2. The van der Waals surface area contributed by atoms with Crippen LogP contribution in [0.1, 0.15) is 10.4 Å². The Bertz CT molecular complexity index is 897. The van der Waals surface area contributed by atoms with Crippen LogP contribution in [0.25, 0.3) is 0 Å². The van der Waals surface area contributed by atoms with Crippen LogP contribution < -0.4 is 14.8 Å². The van der Waals surface area contributed by atoms with E-state index < -0.39 is 15.9 Å². The van der Waals surface area contributed by atoms with Crippen molar-refractivity contribution in [1.82, 2.24) is 0 Å². The molecule has 0 radical (unpaired) electrons. The Hall–Kier alpha value is -2.51. The van der Waals surface area contributed by atoms with Gasteiger partial charge in [0.15, 0.2) is 0 Å². The Morgan fingerprint density at radius 2 is 2.00 bits per heavy atom. The summed E-state index contributed by atoms with van der Waals surface area (Å²) in [7, 11) is -3.46. The van der Waals surface area contributed by atoms with Gasteiger partial charge in [0.05, 0.1) is 16.8 Å². The summed E-state index contributed by atoms with van der Waals surface area (Å²) < 4.78 is 30.3. The zero-order chi connectivity index (χ0) is 18.4. The van der Waals surface area contributed by atoms with E-state index in [0.29, 0.717) is 18.0 Å². The summed E-state index contributed by atoms with van der Waals surface area (Å²) in [5.41, 5.74) is 0.914. The van der Waals surface area contributed by atoms with E-state index >= 15 is 0 Å². The first-order valence-electron chi connectivity index (χ1n) is 7.21. The van der Waals surface area contributed by atoms with E-state index in [1.807, 2.05) is 0 Å². The molecular weight excluding hydrogens is 364 g/mol. The molecule has 2 aromatic rings. The molecule has 6 nitrogen and oxygen atoms in total. The van der Waals surface area contributed by atoms with Crippen LogP contribution in [0.4, 0.5) is 11.4 Å². The van der Waals surface area contributed by atoms with Crippen LogP contribution in [0.5, 0.6) is 5.75 Å². The standard InChI is InChI=1S/C17H17ClN2O4S/c1-3-9-24-14-6-4-5-12(10-14)19-17(21)15-11-13(7-8-16(15)18)20-25(2,22)23/h3-8,10-11,20H,1,9H2,2H3,(H,19,21). The second-order valence-electron chi connectivity index (χ2n) is 5.15. The zero-order valence-corrected chi connectivity index (χ0v) is 15.0. The second kappa shape index (κ2) is 8.04. The molecule has 0 heterocycles. The van der Waals surface area contributed by atoms with Crippen molar-refractivity contribution in [2.24, 2.45) is 0 Å². The van der Waals surface area contributed by atoms with Gasteiger partial charge in [-0.2, -0.15) is 0 Å². The predicted octanol–water partition coefficient (Wildman–Crippen LogP) is 3.53. The van der Waals surface area contributed by atoms with Gasteiger partial charge in [-0.1, -0.05) is 30.3 Å². The number of amides is 1. The summed E-state index contributed by atoms with van der Waals surface area (Å²) in [5, 5.41) is 2.90. The van der Waals surface area contributed by atoms with Crippen LogP contribution >= 0.6 is 11.6 Å². The highest BCUT2D eigenvalue weighted by molar-refractivity contribution is 7.92. The highest BCUT2D eigenvalue weighted by atomic mass is 35.5. The fourth-order valence-corrected chi connectivity index (χ4v) is 2.75. The lowest BCUT2D eigenvalue weighted by atomic mass is 10.2. The molecule has 0 aliphatic rings. The number of sulfonamides is 1. The summed E-state index contributed by atoms with van der Waals surface area (Å²) in [6.45, 7) is 3.92. The molecular formula is C17H17ClN2O4S. The van der Waals surface area contributed by atoms with Gasteiger partial charge in [-0.3, -0.25) is 9.52 Å². The van der Waals surface area contributed by atoms with E-state index in [9.17, 15) is 13.2 Å². The number of nitrogens with one attached hydrogen (secondary N) is 2. The molecule has 0 spiro atoms. The topological polar surface area (TPSA) is 84.5 Å². The fourth-order valence-electron chi connectivity index (χ4n) is 1.99.